The van der Waals surface area contributed by atoms with E-state index in [-0.39, 0.29) is 18.4 Å². The Morgan fingerprint density at radius 3 is 2.25 bits per heavy atom. The smallest absolute Gasteiger partial charge is 0.261 e. The molecule has 1 aliphatic rings. The van der Waals surface area contributed by atoms with Crippen LogP contribution in [-0.2, 0) is 11.3 Å². The number of allylic oxidation sites excluding steroid dienone is 2. The molecule has 2 amide bonds. The molecule has 0 atom stereocenters. The molecule has 0 spiro atoms. The summed E-state index contributed by atoms with van der Waals surface area (Å²) in [6.45, 7) is 0.145. The summed E-state index contributed by atoms with van der Waals surface area (Å²) in [7, 11) is 0. The molecule has 4 heteroatoms. The molecule has 4 rings (SSSR count). The van der Waals surface area contributed by atoms with Gasteiger partial charge in [-0.2, -0.15) is 0 Å². The van der Waals surface area contributed by atoms with Crippen LogP contribution in [0, 0.1) is 0 Å². The fourth-order valence-electron chi connectivity index (χ4n) is 3.18. The second-order valence-corrected chi connectivity index (χ2v) is 6.41. The number of aromatic nitrogens is 1. The zero-order valence-corrected chi connectivity index (χ0v) is 15.2. The lowest BCUT2D eigenvalue weighted by Gasteiger charge is -2.28. The van der Waals surface area contributed by atoms with Gasteiger partial charge in [0.05, 0.1) is 12.2 Å². The molecule has 1 aliphatic heterocycles. The van der Waals surface area contributed by atoms with E-state index >= 15 is 0 Å². The number of hydrogen-bond acceptors (Lipinski definition) is 3. The summed E-state index contributed by atoms with van der Waals surface area (Å²) < 4.78 is 0. The summed E-state index contributed by atoms with van der Waals surface area (Å²) >= 11 is 0. The second kappa shape index (κ2) is 7.84. The highest BCUT2D eigenvalue weighted by Gasteiger charge is 2.34. The first-order valence-corrected chi connectivity index (χ1v) is 9.03. The van der Waals surface area contributed by atoms with Gasteiger partial charge in [0.2, 0.25) is 0 Å². The van der Waals surface area contributed by atoms with Crippen molar-refractivity contribution >= 4 is 23.5 Å². The lowest BCUT2D eigenvalue weighted by molar-refractivity contribution is -0.123. The number of carbonyl (C=O) groups excluding carboxylic acids is 2. The fraction of sp³-hybridized carbons (Fsp3) is 0.0417. The normalized spacial score (nSPS) is 15.3. The van der Waals surface area contributed by atoms with Crippen LogP contribution in [0.5, 0.6) is 0 Å². The standard InChI is InChI=1S/C24H18N2O2/c27-23-21-14-5-4-13-20(21)22(15-8-11-18-9-2-1-3-10-18)24(28)26(23)17-19-12-6-7-16-25-19/h1-16H,17H2/b11-8+,22-15?. The van der Waals surface area contributed by atoms with Gasteiger partial charge in [0, 0.05) is 17.3 Å². The van der Waals surface area contributed by atoms with Crippen LogP contribution in [0.4, 0.5) is 0 Å². The van der Waals surface area contributed by atoms with Crippen molar-refractivity contribution in [3.63, 3.8) is 0 Å². The highest BCUT2D eigenvalue weighted by molar-refractivity contribution is 6.31. The maximum Gasteiger partial charge on any atom is 0.261 e. The third-order valence-electron chi connectivity index (χ3n) is 4.57. The lowest BCUT2D eigenvalue weighted by Crippen LogP contribution is -2.41. The summed E-state index contributed by atoms with van der Waals surface area (Å²) in [5.74, 6) is -0.609. The molecule has 3 aromatic rings. The summed E-state index contributed by atoms with van der Waals surface area (Å²) in [5.41, 5.74) is 3.39. The van der Waals surface area contributed by atoms with Crippen LogP contribution >= 0.6 is 0 Å². The van der Waals surface area contributed by atoms with Crippen molar-refractivity contribution in [1.29, 1.82) is 0 Å². The summed E-state index contributed by atoms with van der Waals surface area (Å²) in [6.07, 6.45) is 7.20. The summed E-state index contributed by atoms with van der Waals surface area (Å²) in [6, 6.07) is 22.5. The Labute approximate surface area is 163 Å². The SMILES string of the molecule is O=C1C(=C/C=C/c2ccccc2)c2ccccc2C(=O)N1Cc1ccccn1. The van der Waals surface area contributed by atoms with E-state index in [0.717, 1.165) is 5.56 Å². The number of carbonyl (C=O) groups is 2. The van der Waals surface area contributed by atoms with Gasteiger partial charge in [-0.1, -0.05) is 66.7 Å². The summed E-state index contributed by atoms with van der Waals surface area (Å²) in [5, 5.41) is 0. The molecule has 0 saturated carbocycles. The van der Waals surface area contributed by atoms with Crippen molar-refractivity contribution in [2.24, 2.45) is 0 Å². The van der Waals surface area contributed by atoms with E-state index in [2.05, 4.69) is 4.98 Å². The monoisotopic (exact) mass is 366 g/mol. The molecule has 28 heavy (non-hydrogen) atoms. The molecule has 136 valence electrons. The average Bonchev–Trinajstić information content (AvgIpc) is 2.75. The first kappa shape index (κ1) is 17.6. The minimum absolute atomic E-state index is 0.145. The van der Waals surface area contributed by atoms with Crippen LogP contribution in [0.15, 0.2) is 91.1 Å². The van der Waals surface area contributed by atoms with Gasteiger partial charge < -0.3 is 0 Å². The van der Waals surface area contributed by atoms with Gasteiger partial charge in [0.25, 0.3) is 11.8 Å². The van der Waals surface area contributed by atoms with Crippen molar-refractivity contribution in [3.8, 4) is 0 Å². The van der Waals surface area contributed by atoms with E-state index in [4.69, 9.17) is 0 Å². The van der Waals surface area contributed by atoms with E-state index in [1.165, 1.54) is 4.90 Å². The molecule has 0 aliphatic carbocycles. The van der Waals surface area contributed by atoms with Crippen molar-refractivity contribution in [3.05, 3.63) is 114 Å². The number of fused-ring (bicyclic) bond motifs is 1. The van der Waals surface area contributed by atoms with Crippen molar-refractivity contribution in [1.82, 2.24) is 9.88 Å². The van der Waals surface area contributed by atoms with Gasteiger partial charge in [-0.05, 0) is 35.4 Å². The second-order valence-electron chi connectivity index (χ2n) is 6.41. The van der Waals surface area contributed by atoms with E-state index < -0.39 is 0 Å². The maximum absolute atomic E-state index is 13.1. The lowest BCUT2D eigenvalue weighted by atomic mass is 9.93. The molecule has 0 fully saturated rings. The van der Waals surface area contributed by atoms with Gasteiger partial charge in [-0.15, -0.1) is 0 Å². The van der Waals surface area contributed by atoms with E-state index in [0.29, 0.717) is 22.4 Å². The third-order valence-corrected chi connectivity index (χ3v) is 4.57. The molecule has 0 saturated heterocycles. The predicted octanol–water partition coefficient (Wildman–Crippen LogP) is 4.36. The Balaban J connectivity index is 1.71. The van der Waals surface area contributed by atoms with Crippen LogP contribution in [-0.4, -0.2) is 21.7 Å². The molecule has 1 aromatic heterocycles. The fourth-order valence-corrected chi connectivity index (χ4v) is 3.18. The number of pyridine rings is 1. The Kier molecular flexibility index (Phi) is 4.93. The number of benzene rings is 2. The van der Waals surface area contributed by atoms with Gasteiger partial charge >= 0.3 is 0 Å². The van der Waals surface area contributed by atoms with E-state index in [1.807, 2.05) is 66.7 Å². The Bertz CT molecular complexity index is 1070. The first-order valence-electron chi connectivity index (χ1n) is 9.03. The van der Waals surface area contributed by atoms with Gasteiger partial charge in [-0.25, -0.2) is 0 Å². The zero-order chi connectivity index (χ0) is 19.3. The van der Waals surface area contributed by atoms with Crippen LogP contribution in [0.25, 0.3) is 11.6 Å². The quantitative estimate of drug-likeness (QED) is 0.509. The zero-order valence-electron chi connectivity index (χ0n) is 15.2. The molecule has 0 bridgehead atoms. The van der Waals surface area contributed by atoms with Crippen molar-refractivity contribution < 1.29 is 9.59 Å². The molecule has 2 aromatic carbocycles. The number of nitrogens with zero attached hydrogens (tertiary/aromatic N) is 2. The van der Waals surface area contributed by atoms with Crippen LogP contribution in [0.1, 0.15) is 27.2 Å². The highest BCUT2D eigenvalue weighted by atomic mass is 16.2. The third kappa shape index (κ3) is 3.53. The van der Waals surface area contributed by atoms with Crippen molar-refractivity contribution in [2.75, 3.05) is 0 Å². The van der Waals surface area contributed by atoms with Crippen LogP contribution in [0.3, 0.4) is 0 Å². The van der Waals surface area contributed by atoms with Gasteiger partial charge in [0.1, 0.15) is 0 Å². The Morgan fingerprint density at radius 2 is 1.50 bits per heavy atom. The largest absolute Gasteiger partial charge is 0.269 e. The highest BCUT2D eigenvalue weighted by Crippen LogP contribution is 2.29. The maximum atomic E-state index is 13.1. The topological polar surface area (TPSA) is 50.3 Å². The molecular weight excluding hydrogens is 348 g/mol. The van der Waals surface area contributed by atoms with Crippen molar-refractivity contribution in [2.45, 2.75) is 6.54 Å². The number of amides is 2. The van der Waals surface area contributed by atoms with Gasteiger partial charge in [-0.3, -0.25) is 19.5 Å². The first-order chi connectivity index (χ1) is 13.7. The molecular formula is C24H18N2O2. The number of rotatable bonds is 4. The Hall–Kier alpha value is -3.79. The molecule has 4 nitrogen and oxygen atoms in total. The molecule has 0 unspecified atom stereocenters. The van der Waals surface area contributed by atoms with Gasteiger partial charge in [0.15, 0.2) is 0 Å². The van der Waals surface area contributed by atoms with Crippen LogP contribution in [0.2, 0.25) is 0 Å². The minimum atomic E-state index is -0.313. The minimum Gasteiger partial charge on any atom is -0.269 e. The molecule has 2 heterocycles. The number of imide groups is 1. The Morgan fingerprint density at radius 1 is 0.786 bits per heavy atom. The molecule has 0 N–H and O–H groups in total. The van der Waals surface area contributed by atoms with E-state index in [9.17, 15) is 9.59 Å². The van der Waals surface area contributed by atoms with E-state index in [1.54, 1.807) is 30.5 Å². The predicted molar refractivity (Wildman–Crippen MR) is 109 cm³/mol. The number of hydrogen-bond donors (Lipinski definition) is 0. The molecule has 0 radical (unpaired) electrons. The van der Waals surface area contributed by atoms with Crippen LogP contribution < -0.4 is 0 Å². The average molecular weight is 366 g/mol. The summed E-state index contributed by atoms with van der Waals surface area (Å²) in [4.78, 5) is 31.5.